The molecule has 1 aromatic heterocycles. The van der Waals surface area contributed by atoms with E-state index in [0.29, 0.717) is 17.2 Å². The van der Waals surface area contributed by atoms with E-state index >= 15 is 0 Å². The number of anilines is 1. The minimum Gasteiger partial charge on any atom is -0.348 e. The Balaban J connectivity index is 1.73. The van der Waals surface area contributed by atoms with Crippen LogP contribution in [0.25, 0.3) is 10.2 Å². The Kier molecular flexibility index (Phi) is 4.90. The van der Waals surface area contributed by atoms with Gasteiger partial charge in [-0.25, -0.2) is 4.98 Å². The summed E-state index contributed by atoms with van der Waals surface area (Å²) in [5.74, 6) is -0.351. The molecule has 0 bridgehead atoms. The number of amides is 2. The number of hydrogen-bond acceptors (Lipinski definition) is 4. The van der Waals surface area contributed by atoms with Crippen molar-refractivity contribution < 1.29 is 9.59 Å². The lowest BCUT2D eigenvalue weighted by molar-refractivity contribution is -0.116. The van der Waals surface area contributed by atoms with E-state index in [-0.39, 0.29) is 11.8 Å². The van der Waals surface area contributed by atoms with Crippen molar-refractivity contribution >= 4 is 38.5 Å². The fourth-order valence-electron chi connectivity index (χ4n) is 2.31. The average molecular weight is 351 g/mol. The van der Waals surface area contributed by atoms with Crippen molar-refractivity contribution in [1.29, 1.82) is 0 Å². The van der Waals surface area contributed by atoms with Gasteiger partial charge < -0.3 is 5.32 Å². The topological polar surface area (TPSA) is 62.3 Å². The van der Waals surface area contributed by atoms with Crippen LogP contribution in [0.5, 0.6) is 0 Å². The third-order valence-corrected chi connectivity index (χ3v) is 4.84. The smallest absolute Gasteiger partial charge is 0.259 e. The van der Waals surface area contributed by atoms with Crippen molar-refractivity contribution in [3.63, 3.8) is 0 Å². The van der Waals surface area contributed by atoms with Crippen LogP contribution in [0, 0.1) is 0 Å². The van der Waals surface area contributed by atoms with Gasteiger partial charge in [0.2, 0.25) is 5.91 Å². The van der Waals surface area contributed by atoms with Gasteiger partial charge in [-0.15, -0.1) is 0 Å². The normalized spacial score (nSPS) is 10.4. The van der Waals surface area contributed by atoms with Crippen molar-refractivity contribution in [3.05, 3.63) is 72.3 Å². The standard InChI is InChI=1S/C19H17N3O2S/c1-3-17(23)20-12-13-8-10-14(11-9-13)18(24)22(2)19-21-15-6-4-5-7-16(15)25-19/h3-11H,1,12H2,2H3,(H,20,23). The van der Waals surface area contributed by atoms with E-state index in [9.17, 15) is 9.59 Å². The Hall–Kier alpha value is -2.99. The average Bonchev–Trinajstić information content (AvgIpc) is 3.09. The molecule has 1 N–H and O–H groups in total. The molecule has 0 unspecified atom stereocenters. The molecule has 0 fully saturated rings. The van der Waals surface area contributed by atoms with Crippen LogP contribution in [-0.4, -0.2) is 23.8 Å². The molecule has 0 aliphatic rings. The Bertz CT molecular complexity index is 898. The number of rotatable bonds is 5. The van der Waals surface area contributed by atoms with Crippen LogP contribution in [0.15, 0.2) is 61.2 Å². The minimum atomic E-state index is -0.226. The fraction of sp³-hybridized carbons (Fsp3) is 0.105. The summed E-state index contributed by atoms with van der Waals surface area (Å²) < 4.78 is 1.05. The Morgan fingerprint density at radius 3 is 2.60 bits per heavy atom. The molecule has 0 aliphatic heterocycles. The van der Waals surface area contributed by atoms with Gasteiger partial charge in [-0.2, -0.15) is 0 Å². The predicted molar refractivity (Wildman–Crippen MR) is 101 cm³/mol. The monoisotopic (exact) mass is 351 g/mol. The lowest BCUT2D eigenvalue weighted by Gasteiger charge is -2.14. The maximum Gasteiger partial charge on any atom is 0.259 e. The summed E-state index contributed by atoms with van der Waals surface area (Å²) in [6.07, 6.45) is 1.23. The molecule has 0 saturated carbocycles. The molecule has 2 amide bonds. The number of nitrogens with one attached hydrogen (secondary N) is 1. The predicted octanol–water partition coefficient (Wildman–Crippen LogP) is 3.38. The summed E-state index contributed by atoms with van der Waals surface area (Å²) >= 11 is 1.48. The van der Waals surface area contributed by atoms with E-state index in [4.69, 9.17) is 0 Å². The van der Waals surface area contributed by atoms with Crippen molar-refractivity contribution in [2.45, 2.75) is 6.54 Å². The minimum absolute atomic E-state index is 0.124. The van der Waals surface area contributed by atoms with E-state index in [0.717, 1.165) is 15.8 Å². The van der Waals surface area contributed by atoms with Crippen LogP contribution < -0.4 is 10.2 Å². The third kappa shape index (κ3) is 3.75. The number of fused-ring (bicyclic) bond motifs is 1. The van der Waals surface area contributed by atoms with Gasteiger partial charge in [0.05, 0.1) is 10.2 Å². The highest BCUT2D eigenvalue weighted by molar-refractivity contribution is 7.22. The SMILES string of the molecule is C=CC(=O)NCc1ccc(C(=O)N(C)c2nc3ccccc3s2)cc1. The van der Waals surface area contributed by atoms with E-state index < -0.39 is 0 Å². The first-order valence-electron chi connectivity index (χ1n) is 7.71. The second-order valence-electron chi connectivity index (χ2n) is 5.45. The molecule has 2 aromatic carbocycles. The summed E-state index contributed by atoms with van der Waals surface area (Å²) in [6, 6.07) is 14.9. The van der Waals surface area contributed by atoms with Crippen LogP contribution >= 0.6 is 11.3 Å². The van der Waals surface area contributed by atoms with E-state index in [2.05, 4.69) is 16.9 Å². The number of carbonyl (C=O) groups excluding carboxylic acids is 2. The first kappa shape index (κ1) is 16.9. The van der Waals surface area contributed by atoms with Gasteiger partial charge in [-0.3, -0.25) is 14.5 Å². The quantitative estimate of drug-likeness (QED) is 0.717. The summed E-state index contributed by atoms with van der Waals surface area (Å²) in [5.41, 5.74) is 2.37. The van der Waals surface area contributed by atoms with Gasteiger partial charge in [-0.1, -0.05) is 42.2 Å². The lowest BCUT2D eigenvalue weighted by Crippen LogP contribution is -2.26. The molecule has 3 aromatic rings. The zero-order valence-corrected chi connectivity index (χ0v) is 14.5. The van der Waals surface area contributed by atoms with E-state index in [1.807, 2.05) is 36.4 Å². The third-order valence-electron chi connectivity index (χ3n) is 3.73. The highest BCUT2D eigenvalue weighted by atomic mass is 32.1. The number of hydrogen-bond donors (Lipinski definition) is 1. The number of aromatic nitrogens is 1. The summed E-state index contributed by atoms with van der Waals surface area (Å²) in [7, 11) is 1.72. The van der Waals surface area contributed by atoms with Gasteiger partial charge in [0.25, 0.3) is 5.91 Å². The van der Waals surface area contributed by atoms with Crippen LogP contribution in [0.3, 0.4) is 0 Å². The maximum absolute atomic E-state index is 12.7. The molecule has 25 heavy (non-hydrogen) atoms. The molecule has 126 valence electrons. The van der Waals surface area contributed by atoms with Crippen LogP contribution in [-0.2, 0) is 11.3 Å². The summed E-state index contributed by atoms with van der Waals surface area (Å²) in [4.78, 5) is 29.9. The van der Waals surface area contributed by atoms with Crippen LogP contribution in [0.1, 0.15) is 15.9 Å². The second kappa shape index (κ2) is 7.27. The van der Waals surface area contributed by atoms with E-state index in [1.165, 1.54) is 17.4 Å². The van der Waals surface area contributed by atoms with Gasteiger partial charge in [0.15, 0.2) is 5.13 Å². The highest BCUT2D eigenvalue weighted by Gasteiger charge is 2.17. The largest absolute Gasteiger partial charge is 0.348 e. The van der Waals surface area contributed by atoms with E-state index in [1.54, 1.807) is 24.1 Å². The molecule has 6 heteroatoms. The van der Waals surface area contributed by atoms with Crippen LogP contribution in [0.4, 0.5) is 5.13 Å². The first-order chi connectivity index (χ1) is 12.1. The molecule has 0 atom stereocenters. The summed E-state index contributed by atoms with van der Waals surface area (Å²) in [5, 5.41) is 3.36. The highest BCUT2D eigenvalue weighted by Crippen LogP contribution is 2.28. The van der Waals surface area contributed by atoms with Gasteiger partial charge >= 0.3 is 0 Å². The second-order valence-corrected chi connectivity index (χ2v) is 6.46. The maximum atomic E-state index is 12.7. The molecule has 0 radical (unpaired) electrons. The molecule has 0 spiro atoms. The zero-order chi connectivity index (χ0) is 17.8. The number of nitrogens with zero attached hydrogens (tertiary/aromatic N) is 2. The molecular weight excluding hydrogens is 334 g/mol. The molecule has 0 saturated heterocycles. The summed E-state index contributed by atoms with van der Waals surface area (Å²) in [6.45, 7) is 3.80. The molecule has 5 nitrogen and oxygen atoms in total. The Morgan fingerprint density at radius 2 is 1.92 bits per heavy atom. The molecule has 1 heterocycles. The number of thiazole rings is 1. The van der Waals surface area contributed by atoms with Crippen molar-refractivity contribution in [1.82, 2.24) is 10.3 Å². The van der Waals surface area contributed by atoms with Crippen molar-refractivity contribution in [2.75, 3.05) is 11.9 Å². The Morgan fingerprint density at radius 1 is 1.20 bits per heavy atom. The fourth-order valence-corrected chi connectivity index (χ4v) is 3.24. The molecular formula is C19H17N3O2S. The van der Waals surface area contributed by atoms with Crippen molar-refractivity contribution in [2.24, 2.45) is 0 Å². The number of para-hydroxylation sites is 1. The number of carbonyl (C=O) groups is 2. The lowest BCUT2D eigenvalue weighted by atomic mass is 10.1. The van der Waals surface area contributed by atoms with Gasteiger partial charge in [-0.05, 0) is 35.9 Å². The van der Waals surface area contributed by atoms with Gasteiger partial charge in [0, 0.05) is 19.2 Å². The first-order valence-corrected chi connectivity index (χ1v) is 8.53. The zero-order valence-electron chi connectivity index (χ0n) is 13.7. The molecule has 3 rings (SSSR count). The van der Waals surface area contributed by atoms with Gasteiger partial charge in [0.1, 0.15) is 0 Å². The molecule has 0 aliphatic carbocycles. The van der Waals surface area contributed by atoms with Crippen LogP contribution in [0.2, 0.25) is 0 Å². The Labute approximate surface area is 149 Å². The van der Waals surface area contributed by atoms with Crippen molar-refractivity contribution in [3.8, 4) is 0 Å². The number of benzene rings is 2.